The van der Waals surface area contributed by atoms with Gasteiger partial charge in [0.05, 0.1) is 24.8 Å². The lowest BCUT2D eigenvalue weighted by molar-refractivity contribution is -0.135. The third-order valence-corrected chi connectivity index (χ3v) is 12.4. The van der Waals surface area contributed by atoms with Crippen LogP contribution < -0.4 is 60.1 Å². The number of primary amides is 1. The molecule has 0 saturated carbocycles. The SMILES string of the molecule is CCN[C@@H]1CC(=O)NCCCC[C@H](C(N)=O)NC(=O)[C@@H](Cc2c[nH]c3ccccc23)NC(=O)[C@@H](CCCN=C(N)N)NC(=O)[C@H](Cc2ccccc2)NC(=O)[C@@H](Cc2cnc[nH]2)NC1=O.[2H]N[C@H](C=O)Cc1ccccc1. The van der Waals surface area contributed by atoms with E-state index in [4.69, 9.17) is 18.6 Å². The highest BCUT2D eigenvalue weighted by molar-refractivity contribution is 5.97. The van der Waals surface area contributed by atoms with Crippen molar-refractivity contribution in [3.05, 3.63) is 126 Å². The number of nitrogens with zero attached hydrogens (tertiary/aromatic N) is 2. The zero-order chi connectivity index (χ0) is 55.5. The van der Waals surface area contributed by atoms with Gasteiger partial charge in [-0.15, -0.1) is 0 Å². The van der Waals surface area contributed by atoms with Crippen LogP contribution in [-0.4, -0.2) is 130 Å². The van der Waals surface area contributed by atoms with E-state index in [1.807, 2.05) is 54.6 Å². The maximum atomic E-state index is 14.5. The highest BCUT2D eigenvalue weighted by Crippen LogP contribution is 2.20. The summed E-state index contributed by atoms with van der Waals surface area (Å²) in [4.78, 5) is 122. The molecule has 1 aliphatic heterocycles. The Bertz CT molecular complexity index is 2720. The molecule has 3 heterocycles. The molecule has 17 N–H and O–H groups in total. The van der Waals surface area contributed by atoms with Gasteiger partial charge in [0, 0.05) is 61.3 Å². The lowest BCUT2D eigenvalue weighted by Gasteiger charge is -2.27. The van der Waals surface area contributed by atoms with E-state index in [-0.39, 0.29) is 64.0 Å². The highest BCUT2D eigenvalue weighted by atomic mass is 16.2. The molecule has 1 aliphatic rings. The number of benzene rings is 3. The molecular weight excluding hydrogens is 975 g/mol. The van der Waals surface area contributed by atoms with Gasteiger partial charge in [-0.2, -0.15) is 0 Å². The molecule has 1 fully saturated rings. The maximum absolute atomic E-state index is 14.5. The van der Waals surface area contributed by atoms with Crippen molar-refractivity contribution in [2.24, 2.45) is 27.9 Å². The summed E-state index contributed by atoms with van der Waals surface area (Å²) in [7, 11) is 0. The zero-order valence-electron chi connectivity index (χ0n) is 43.5. The Labute approximate surface area is 442 Å². The highest BCUT2D eigenvalue weighted by Gasteiger charge is 2.34. The molecule has 5 aromatic rings. The predicted octanol–water partition coefficient (Wildman–Crippen LogP) is -0.695. The minimum absolute atomic E-state index is 0.00275. The van der Waals surface area contributed by atoms with Crippen LogP contribution in [0.5, 0.6) is 0 Å². The van der Waals surface area contributed by atoms with Crippen LogP contribution in [0, 0.1) is 0 Å². The van der Waals surface area contributed by atoms with Crippen molar-refractivity contribution in [3.63, 3.8) is 0 Å². The van der Waals surface area contributed by atoms with E-state index < -0.39 is 83.6 Å². The third-order valence-electron chi connectivity index (χ3n) is 12.4. The van der Waals surface area contributed by atoms with E-state index >= 15 is 0 Å². The third kappa shape index (κ3) is 19.4. The number of carbonyl (C=O) groups is 8. The summed E-state index contributed by atoms with van der Waals surface area (Å²) in [6.07, 6.45) is 6.73. The van der Waals surface area contributed by atoms with Gasteiger partial charge in [-0.1, -0.05) is 85.8 Å². The lowest BCUT2D eigenvalue weighted by atomic mass is 10.0. The van der Waals surface area contributed by atoms with Crippen LogP contribution in [-0.2, 0) is 64.0 Å². The molecule has 0 spiro atoms. The van der Waals surface area contributed by atoms with Gasteiger partial charge >= 0.3 is 0 Å². The number of H-pyrrole nitrogens is 2. The second kappa shape index (κ2) is 30.7. The number of hydrogen-bond acceptors (Lipinski definition) is 12. The number of aliphatic imine (C=N–C) groups is 1. The number of rotatable bonds is 17. The number of fused-ring (bicyclic) bond motifs is 1. The van der Waals surface area contributed by atoms with Crippen molar-refractivity contribution in [1.29, 1.82) is 0 Å². The topological polar surface area (TPSA) is 382 Å². The predicted molar refractivity (Wildman–Crippen MR) is 286 cm³/mol. The van der Waals surface area contributed by atoms with Gasteiger partial charge in [-0.05, 0) is 67.8 Å². The molecular formula is C53H71N15O8. The Hall–Kier alpha value is -8.44. The number of nitrogens with one attached hydrogen (secondary N) is 9. The minimum Gasteiger partial charge on any atom is -0.370 e. The lowest BCUT2D eigenvalue weighted by Crippen LogP contribution is -2.60. The number of nitrogens with two attached hydrogens (primary N) is 4. The molecule has 7 atom stereocenters. The van der Waals surface area contributed by atoms with Crippen molar-refractivity contribution < 1.29 is 39.8 Å². The van der Waals surface area contributed by atoms with Gasteiger partial charge in [0.15, 0.2) is 5.96 Å². The number of guanidine groups is 1. The fourth-order valence-electron chi connectivity index (χ4n) is 8.41. The van der Waals surface area contributed by atoms with Crippen molar-refractivity contribution in [2.45, 2.75) is 113 Å². The molecule has 6 rings (SSSR count). The summed E-state index contributed by atoms with van der Waals surface area (Å²) < 4.78 is 6.83. The van der Waals surface area contributed by atoms with Gasteiger partial charge in [0.25, 0.3) is 0 Å². The average Bonchev–Trinajstić information content (AvgIpc) is 4.10. The summed E-state index contributed by atoms with van der Waals surface area (Å²) in [6, 6.07) is 18.3. The quantitative estimate of drug-likeness (QED) is 0.0238. The van der Waals surface area contributed by atoms with Gasteiger partial charge in [-0.25, -0.2) is 4.98 Å². The van der Waals surface area contributed by atoms with Crippen LogP contribution in [0.4, 0.5) is 0 Å². The fraction of sp³-hybridized carbons (Fsp3) is 0.396. The largest absolute Gasteiger partial charge is 0.370 e. The minimum atomic E-state index is -1.29. The molecule has 1 saturated heterocycles. The Kier molecular flexibility index (Phi) is 23.0. The molecule has 0 radical (unpaired) electrons. The monoisotopic (exact) mass is 1050 g/mol. The molecule has 3 aromatic carbocycles. The van der Waals surface area contributed by atoms with E-state index in [1.165, 1.54) is 12.5 Å². The molecule has 2 aromatic heterocycles. The molecule has 23 heteroatoms. The van der Waals surface area contributed by atoms with Crippen LogP contribution in [0.1, 0.15) is 67.8 Å². The van der Waals surface area contributed by atoms with Crippen molar-refractivity contribution in [3.8, 4) is 0 Å². The first-order valence-electron chi connectivity index (χ1n) is 25.8. The van der Waals surface area contributed by atoms with Crippen LogP contribution >= 0.6 is 0 Å². The van der Waals surface area contributed by atoms with E-state index in [9.17, 15) is 38.4 Å². The number of aromatic nitrogens is 3. The Balaban J connectivity index is 0.000000801. The number of carbonyl (C=O) groups excluding carboxylic acids is 8. The number of hydrogen-bond donors (Lipinski definition) is 13. The van der Waals surface area contributed by atoms with Gasteiger partial charge in [0.2, 0.25) is 41.4 Å². The molecule has 406 valence electrons. The Morgan fingerprint density at radius 3 is 2.03 bits per heavy atom. The van der Waals surface area contributed by atoms with Crippen LogP contribution in [0.25, 0.3) is 10.9 Å². The Morgan fingerprint density at radius 2 is 1.38 bits per heavy atom. The molecule has 0 unspecified atom stereocenters. The number of para-hydroxylation sites is 1. The summed E-state index contributed by atoms with van der Waals surface area (Å²) >= 11 is 0. The number of aromatic amines is 2. The number of aldehydes is 1. The first-order valence-corrected chi connectivity index (χ1v) is 25.3. The van der Waals surface area contributed by atoms with Gasteiger partial charge in [-0.3, -0.25) is 38.6 Å². The number of likely N-dealkylation sites (N-methyl/N-ethyl adjacent to an activating group) is 1. The summed E-state index contributed by atoms with van der Waals surface area (Å²) in [5, 5.41) is 20.5. The van der Waals surface area contributed by atoms with E-state index in [0.717, 1.165) is 22.8 Å². The smallest absolute Gasteiger partial charge is 0.243 e. The summed E-state index contributed by atoms with van der Waals surface area (Å²) in [5.41, 5.74) is 22.8. The van der Waals surface area contributed by atoms with Crippen molar-refractivity contribution >= 4 is 64.5 Å². The summed E-state index contributed by atoms with van der Waals surface area (Å²) in [6.45, 7) is 2.39. The van der Waals surface area contributed by atoms with Gasteiger partial charge in [0.1, 0.15) is 37.9 Å². The molecule has 7 amide bonds. The first-order chi connectivity index (χ1) is 37.2. The van der Waals surface area contributed by atoms with Crippen molar-refractivity contribution in [2.75, 3.05) is 19.6 Å². The van der Waals surface area contributed by atoms with Crippen LogP contribution in [0.3, 0.4) is 0 Å². The average molecular weight is 1050 g/mol. The Morgan fingerprint density at radius 1 is 0.763 bits per heavy atom. The number of amides is 7. The molecule has 0 aliphatic carbocycles. The van der Waals surface area contributed by atoms with E-state index in [0.29, 0.717) is 42.6 Å². The second-order valence-electron chi connectivity index (χ2n) is 18.3. The molecule has 0 bridgehead atoms. The fourth-order valence-corrected chi connectivity index (χ4v) is 8.41. The standard InChI is InChI=1S/C44H60N14O7.C9H11NO/c1-2-49-33-22-37(59)50-17-9-8-15-31(38(45)60)54-42(64)35(20-27-23-52-30-14-7-6-13-29(27)30)57-39(61)32(16-10-18-51-44(46)47)55-41(63)34(19-26-11-4-3-5-12-26)56-43(65)36(58-40(33)62)21-28-24-48-25-53-28;10-9(7-11)6-8-4-2-1-3-5-8/h3-7,11-14,23-25,31-36,49,52H,2,8-10,15-22H2,1H3,(H2,45,60)(H,48,53)(H,50,59)(H,54,64)(H,55,63)(H,56,65)(H,57,61)(H,58,62)(H4,46,47,51);1-5,7,9H,6,10H2/t31-,32-,33-,34+,35-,36-;9-/m10/s1/i/hD. The first kappa shape index (κ1) is 56.8. The van der Waals surface area contributed by atoms with Crippen molar-refractivity contribution in [1.82, 2.24) is 52.2 Å². The normalized spacial score (nSPS) is 21.1. The summed E-state index contributed by atoms with van der Waals surface area (Å²) in [5.74, 6) is -4.96. The van der Waals surface area contributed by atoms with E-state index in [2.05, 4.69) is 62.9 Å². The number of imidazole rings is 1. The van der Waals surface area contributed by atoms with Gasteiger partial charge < -0.3 is 74.9 Å². The van der Waals surface area contributed by atoms with Crippen LogP contribution in [0.2, 0.25) is 1.41 Å². The van der Waals surface area contributed by atoms with E-state index in [1.54, 1.807) is 43.5 Å². The zero-order valence-corrected chi connectivity index (χ0v) is 42.5. The molecule has 76 heavy (non-hydrogen) atoms. The van der Waals surface area contributed by atoms with Crippen LogP contribution in [0.15, 0.2) is 109 Å². The maximum Gasteiger partial charge on any atom is 0.243 e. The second-order valence-corrected chi connectivity index (χ2v) is 18.3. The molecule has 23 nitrogen and oxygen atoms in total.